The molecule has 0 saturated heterocycles. The maximum atomic E-state index is 10.5. The smallest absolute Gasteiger partial charge is 0.122 e. The van der Waals surface area contributed by atoms with Crippen LogP contribution in [0.4, 0.5) is 5.69 Å². The third-order valence-electron chi connectivity index (χ3n) is 3.95. The number of aliphatic hydroxyl groups is 1. The minimum atomic E-state index is -0.709. The normalized spacial score (nSPS) is 12.0. The van der Waals surface area contributed by atoms with Gasteiger partial charge in [0.25, 0.3) is 0 Å². The second-order valence-electron chi connectivity index (χ2n) is 5.56. The Morgan fingerprint density at radius 1 is 1.08 bits per heavy atom. The number of anilines is 1. The molecule has 0 bridgehead atoms. The van der Waals surface area contributed by atoms with Crippen molar-refractivity contribution < 1.29 is 14.6 Å². The number of hydrogen-bond acceptors (Lipinski definition) is 5. The highest BCUT2D eigenvalue weighted by molar-refractivity contribution is 9.10. The summed E-state index contributed by atoms with van der Waals surface area (Å²) in [6, 6.07) is 13.2. The Balaban J connectivity index is 1.81. The third kappa shape index (κ3) is 4.03. The summed E-state index contributed by atoms with van der Waals surface area (Å²) in [6.07, 6.45) is 1.04. The topological polar surface area (TPSA) is 63.6 Å². The van der Waals surface area contributed by atoms with E-state index in [2.05, 4.69) is 26.2 Å². The summed E-state index contributed by atoms with van der Waals surface area (Å²) in [7, 11) is 3.17. The molecule has 0 aliphatic heterocycles. The molecule has 130 valence electrons. The van der Waals surface area contributed by atoms with E-state index in [1.807, 2.05) is 24.3 Å². The van der Waals surface area contributed by atoms with Gasteiger partial charge < -0.3 is 19.9 Å². The van der Waals surface area contributed by atoms with E-state index in [1.165, 1.54) is 0 Å². The maximum Gasteiger partial charge on any atom is 0.122 e. The van der Waals surface area contributed by atoms with E-state index in [9.17, 15) is 5.11 Å². The lowest BCUT2D eigenvalue weighted by Crippen LogP contribution is -2.12. The Hall–Kier alpha value is -2.31. The fourth-order valence-electron chi connectivity index (χ4n) is 2.62. The van der Waals surface area contributed by atoms with Gasteiger partial charge in [0, 0.05) is 34.4 Å². The molecule has 0 spiro atoms. The fraction of sp³-hybridized carbons (Fsp3) is 0.211. The molecular formula is C19H19BrN2O3. The van der Waals surface area contributed by atoms with E-state index >= 15 is 0 Å². The molecular weight excluding hydrogens is 384 g/mol. The first kappa shape index (κ1) is 17.5. The molecule has 3 aromatic rings. The maximum absolute atomic E-state index is 10.5. The highest BCUT2D eigenvalue weighted by Gasteiger charge is 2.12. The average Bonchev–Trinajstić information content (AvgIpc) is 2.65. The Morgan fingerprint density at radius 3 is 2.48 bits per heavy atom. The van der Waals surface area contributed by atoms with Crippen molar-refractivity contribution in [2.45, 2.75) is 6.10 Å². The van der Waals surface area contributed by atoms with E-state index < -0.39 is 6.10 Å². The van der Waals surface area contributed by atoms with Crippen molar-refractivity contribution in [1.29, 1.82) is 0 Å². The predicted octanol–water partition coefficient (Wildman–Crippen LogP) is 4.16. The van der Waals surface area contributed by atoms with Crippen LogP contribution in [-0.2, 0) is 0 Å². The molecule has 0 saturated carbocycles. The number of methoxy groups -OCH3 is 2. The monoisotopic (exact) mass is 402 g/mol. The second kappa shape index (κ2) is 7.72. The van der Waals surface area contributed by atoms with Gasteiger partial charge in [-0.15, -0.1) is 0 Å². The Bertz CT molecular complexity index is 863. The molecule has 2 N–H and O–H groups in total. The number of nitrogens with zero attached hydrogens (tertiary/aromatic N) is 1. The zero-order chi connectivity index (χ0) is 17.8. The van der Waals surface area contributed by atoms with E-state index in [1.54, 1.807) is 38.6 Å². The molecule has 1 heterocycles. The summed E-state index contributed by atoms with van der Waals surface area (Å²) in [6.45, 7) is 0.349. The van der Waals surface area contributed by atoms with Crippen molar-refractivity contribution in [2.75, 3.05) is 26.1 Å². The quantitative estimate of drug-likeness (QED) is 0.647. The van der Waals surface area contributed by atoms with Crippen LogP contribution in [0.25, 0.3) is 10.9 Å². The number of aliphatic hydroxyl groups excluding tert-OH is 1. The van der Waals surface area contributed by atoms with Crippen LogP contribution >= 0.6 is 15.9 Å². The number of ether oxygens (including phenoxy) is 2. The predicted molar refractivity (Wildman–Crippen MR) is 102 cm³/mol. The van der Waals surface area contributed by atoms with Gasteiger partial charge in [-0.1, -0.05) is 15.9 Å². The zero-order valence-electron chi connectivity index (χ0n) is 14.0. The van der Waals surface area contributed by atoms with Gasteiger partial charge in [0.15, 0.2) is 0 Å². The molecule has 25 heavy (non-hydrogen) atoms. The minimum absolute atomic E-state index is 0.349. The molecule has 0 aliphatic rings. The number of rotatable bonds is 6. The second-order valence-corrected chi connectivity index (χ2v) is 6.48. The van der Waals surface area contributed by atoms with Crippen molar-refractivity contribution in [1.82, 2.24) is 4.98 Å². The minimum Gasteiger partial charge on any atom is -0.497 e. The van der Waals surface area contributed by atoms with E-state index in [4.69, 9.17) is 9.47 Å². The molecule has 0 fully saturated rings. The molecule has 0 aliphatic carbocycles. The number of halogens is 1. The highest BCUT2D eigenvalue weighted by Crippen LogP contribution is 2.28. The zero-order valence-corrected chi connectivity index (χ0v) is 15.6. The average molecular weight is 403 g/mol. The number of nitrogens with one attached hydrogen (secondary N) is 1. The first-order valence-electron chi connectivity index (χ1n) is 7.80. The van der Waals surface area contributed by atoms with Crippen molar-refractivity contribution in [3.8, 4) is 11.5 Å². The summed E-state index contributed by atoms with van der Waals surface area (Å²) in [5.41, 5.74) is 2.54. The molecule has 0 radical (unpaired) electrons. The van der Waals surface area contributed by atoms with Crippen LogP contribution in [0.3, 0.4) is 0 Å². The molecule has 2 aromatic carbocycles. The summed E-state index contributed by atoms with van der Waals surface area (Å²) in [4.78, 5) is 4.36. The molecule has 0 amide bonds. The van der Waals surface area contributed by atoms with E-state index in [-0.39, 0.29) is 0 Å². The number of fused-ring (bicyclic) bond motifs is 1. The van der Waals surface area contributed by atoms with Crippen molar-refractivity contribution in [2.24, 2.45) is 0 Å². The molecule has 1 unspecified atom stereocenters. The SMILES string of the molecule is COc1cc(OC)cc(C(O)CNc2ccnc3ccc(Br)cc23)c1. The number of pyridine rings is 1. The number of aromatic nitrogens is 1. The summed E-state index contributed by atoms with van der Waals surface area (Å²) in [5.74, 6) is 1.29. The molecule has 3 rings (SSSR count). The summed E-state index contributed by atoms with van der Waals surface area (Å²) >= 11 is 3.48. The van der Waals surface area contributed by atoms with Gasteiger partial charge in [0.05, 0.1) is 25.8 Å². The highest BCUT2D eigenvalue weighted by atomic mass is 79.9. The number of benzene rings is 2. The fourth-order valence-corrected chi connectivity index (χ4v) is 2.98. The van der Waals surface area contributed by atoms with Gasteiger partial charge in [0.2, 0.25) is 0 Å². The van der Waals surface area contributed by atoms with E-state index in [0.29, 0.717) is 18.0 Å². The van der Waals surface area contributed by atoms with Gasteiger partial charge in [-0.2, -0.15) is 0 Å². The lowest BCUT2D eigenvalue weighted by atomic mass is 10.1. The van der Waals surface area contributed by atoms with Crippen LogP contribution in [0.5, 0.6) is 11.5 Å². The van der Waals surface area contributed by atoms with Crippen molar-refractivity contribution in [3.63, 3.8) is 0 Å². The lowest BCUT2D eigenvalue weighted by Gasteiger charge is -2.16. The molecule has 5 nitrogen and oxygen atoms in total. The summed E-state index contributed by atoms with van der Waals surface area (Å²) < 4.78 is 11.5. The Kier molecular flexibility index (Phi) is 5.40. The van der Waals surface area contributed by atoms with Crippen LogP contribution in [0, 0.1) is 0 Å². The molecule has 6 heteroatoms. The molecule has 1 atom stereocenters. The molecule has 1 aromatic heterocycles. The largest absolute Gasteiger partial charge is 0.497 e. The van der Waals surface area contributed by atoms with Crippen LogP contribution in [-0.4, -0.2) is 30.9 Å². The lowest BCUT2D eigenvalue weighted by molar-refractivity contribution is 0.190. The summed E-state index contributed by atoms with van der Waals surface area (Å²) in [5, 5.41) is 14.8. The van der Waals surface area contributed by atoms with Crippen LogP contribution < -0.4 is 14.8 Å². The standard InChI is InChI=1S/C19H19BrN2O3/c1-24-14-7-12(8-15(10-14)25-2)19(23)11-22-18-5-6-21-17-4-3-13(20)9-16(17)18/h3-10,19,23H,11H2,1-2H3,(H,21,22). The Morgan fingerprint density at radius 2 is 1.80 bits per heavy atom. The van der Waals surface area contributed by atoms with Gasteiger partial charge >= 0.3 is 0 Å². The van der Waals surface area contributed by atoms with Crippen LogP contribution in [0.2, 0.25) is 0 Å². The first-order chi connectivity index (χ1) is 12.1. The third-order valence-corrected chi connectivity index (χ3v) is 4.44. The first-order valence-corrected chi connectivity index (χ1v) is 8.59. The number of hydrogen-bond donors (Lipinski definition) is 2. The Labute approximate surface area is 154 Å². The van der Waals surface area contributed by atoms with Crippen LogP contribution in [0.15, 0.2) is 53.1 Å². The van der Waals surface area contributed by atoms with Gasteiger partial charge in [0.1, 0.15) is 11.5 Å². The van der Waals surface area contributed by atoms with Gasteiger partial charge in [-0.3, -0.25) is 4.98 Å². The van der Waals surface area contributed by atoms with E-state index in [0.717, 1.165) is 26.6 Å². The van der Waals surface area contributed by atoms with Crippen molar-refractivity contribution >= 4 is 32.5 Å². The van der Waals surface area contributed by atoms with Gasteiger partial charge in [-0.05, 0) is 42.0 Å². The van der Waals surface area contributed by atoms with Crippen LogP contribution in [0.1, 0.15) is 11.7 Å². The van der Waals surface area contributed by atoms with Crippen molar-refractivity contribution in [3.05, 3.63) is 58.7 Å². The van der Waals surface area contributed by atoms with Gasteiger partial charge in [-0.25, -0.2) is 0 Å².